The van der Waals surface area contributed by atoms with Crippen LogP contribution in [-0.4, -0.2) is 45.0 Å². The van der Waals surface area contributed by atoms with Gasteiger partial charge in [0.2, 0.25) is 11.8 Å². The van der Waals surface area contributed by atoms with E-state index in [-0.39, 0.29) is 17.9 Å². The average Bonchev–Trinajstić information content (AvgIpc) is 2.82. The summed E-state index contributed by atoms with van der Waals surface area (Å²) in [6.45, 7) is 9.11. The lowest BCUT2D eigenvalue weighted by Gasteiger charge is -2.37. The molecule has 2 aromatic heterocycles. The molecule has 0 bridgehead atoms. The van der Waals surface area contributed by atoms with E-state index in [1.165, 1.54) is 12.1 Å². The van der Waals surface area contributed by atoms with Gasteiger partial charge < -0.3 is 9.64 Å². The summed E-state index contributed by atoms with van der Waals surface area (Å²) in [5.74, 6) is 0.910. The first kappa shape index (κ1) is 23.3. The number of pyridine rings is 1. The molecule has 3 rings (SSSR count). The van der Waals surface area contributed by atoms with Gasteiger partial charge in [-0.15, -0.1) is 0 Å². The molecule has 0 radical (unpaired) electrons. The van der Waals surface area contributed by atoms with Gasteiger partial charge in [0.1, 0.15) is 5.82 Å². The van der Waals surface area contributed by atoms with Gasteiger partial charge in [-0.25, -0.2) is 19.3 Å². The predicted molar refractivity (Wildman–Crippen MR) is 122 cm³/mol. The van der Waals surface area contributed by atoms with Crippen molar-refractivity contribution in [3.05, 3.63) is 78.8 Å². The van der Waals surface area contributed by atoms with Crippen LogP contribution in [0.2, 0.25) is 0 Å². The zero-order valence-corrected chi connectivity index (χ0v) is 18.6. The highest BCUT2D eigenvalue weighted by atomic mass is 19.1. The van der Waals surface area contributed by atoms with Crippen LogP contribution < -0.4 is 4.74 Å². The van der Waals surface area contributed by atoms with Gasteiger partial charge in [-0.2, -0.15) is 0 Å². The predicted octanol–water partition coefficient (Wildman–Crippen LogP) is 4.62. The smallest absolute Gasteiger partial charge is 0.226 e. The fourth-order valence-electron chi connectivity index (χ4n) is 3.52. The number of hydrogen-bond donors (Lipinski definition) is 0. The molecule has 32 heavy (non-hydrogen) atoms. The molecule has 0 spiro atoms. The molecule has 7 heteroatoms. The molecule has 2 aromatic rings. The third-order valence-electron chi connectivity index (χ3n) is 5.47. The number of carbonyl (C=O) groups is 1. The number of ether oxygens (including phenoxy) is 1. The molecule has 1 fully saturated rings. The standard InChI is InChI=1S/C25H29FN4O2/c1-18(5-7-19(2)25-27-13-4-14-28-25)6-12-24(31)30-16-21(9-8-20(30)3)17-32-23-11-10-22(26)15-29-23/h4-7,10-11,13-15,20-21H,2,8-9,12,16-17H2,1,3H3/b7-5-,18-6-/t20-,21-/m1/s1. The van der Waals surface area contributed by atoms with E-state index in [0.29, 0.717) is 36.8 Å². The number of likely N-dealkylation sites (tertiary alicyclic amines) is 1. The summed E-state index contributed by atoms with van der Waals surface area (Å²) in [5, 5.41) is 0. The number of aromatic nitrogens is 3. The first-order valence-electron chi connectivity index (χ1n) is 10.8. The summed E-state index contributed by atoms with van der Waals surface area (Å²) in [6, 6.07) is 4.80. The van der Waals surface area contributed by atoms with Crippen LogP contribution in [0, 0.1) is 11.7 Å². The molecule has 168 valence electrons. The number of amides is 1. The Morgan fingerprint density at radius 2 is 2.03 bits per heavy atom. The van der Waals surface area contributed by atoms with E-state index in [9.17, 15) is 9.18 Å². The zero-order chi connectivity index (χ0) is 22.9. The molecule has 1 aliphatic rings. The Balaban J connectivity index is 1.50. The molecular formula is C25H29FN4O2. The van der Waals surface area contributed by atoms with E-state index in [4.69, 9.17) is 4.74 Å². The zero-order valence-electron chi connectivity index (χ0n) is 18.6. The summed E-state index contributed by atoms with van der Waals surface area (Å²) in [4.78, 5) is 27.1. The lowest BCUT2D eigenvalue weighted by Crippen LogP contribution is -2.46. The quantitative estimate of drug-likeness (QED) is 0.565. The summed E-state index contributed by atoms with van der Waals surface area (Å²) in [7, 11) is 0. The van der Waals surface area contributed by atoms with Crippen molar-refractivity contribution >= 4 is 11.5 Å². The summed E-state index contributed by atoms with van der Waals surface area (Å²) < 4.78 is 18.7. The first-order valence-corrected chi connectivity index (χ1v) is 10.8. The first-order chi connectivity index (χ1) is 15.4. The Kier molecular flexibility index (Phi) is 8.25. The topological polar surface area (TPSA) is 68.2 Å². The maximum Gasteiger partial charge on any atom is 0.226 e. The van der Waals surface area contributed by atoms with Crippen LogP contribution in [0.25, 0.3) is 5.57 Å². The van der Waals surface area contributed by atoms with Gasteiger partial charge in [0.15, 0.2) is 5.82 Å². The number of nitrogens with zero attached hydrogens (tertiary/aromatic N) is 4. The summed E-state index contributed by atoms with van der Waals surface area (Å²) >= 11 is 0. The van der Waals surface area contributed by atoms with E-state index in [2.05, 4.69) is 28.5 Å². The third-order valence-corrected chi connectivity index (χ3v) is 5.47. The Bertz CT molecular complexity index is 973. The average molecular weight is 437 g/mol. The second-order valence-electron chi connectivity index (χ2n) is 8.05. The van der Waals surface area contributed by atoms with Gasteiger partial charge in [-0.3, -0.25) is 4.79 Å². The number of allylic oxidation sites excluding steroid dienone is 4. The SMILES string of the molecule is C=C(/C=C\C(C)=C/CC(=O)N1C[C@H](COc2ccc(F)cn2)CC[C@H]1C)c1ncccn1. The molecule has 1 saturated heterocycles. The Morgan fingerprint density at radius 1 is 1.25 bits per heavy atom. The highest BCUT2D eigenvalue weighted by Gasteiger charge is 2.28. The van der Waals surface area contributed by atoms with Crippen molar-refractivity contribution in [2.75, 3.05) is 13.2 Å². The molecule has 1 amide bonds. The molecule has 0 aliphatic carbocycles. The minimum Gasteiger partial charge on any atom is -0.477 e. The maximum absolute atomic E-state index is 13.0. The van der Waals surface area contributed by atoms with E-state index < -0.39 is 5.82 Å². The van der Waals surface area contributed by atoms with Crippen molar-refractivity contribution in [2.24, 2.45) is 5.92 Å². The van der Waals surface area contributed by atoms with Crippen LogP contribution in [0.3, 0.4) is 0 Å². The maximum atomic E-state index is 13.0. The van der Waals surface area contributed by atoms with Crippen molar-refractivity contribution in [1.82, 2.24) is 19.9 Å². The fraction of sp³-hybridized carbons (Fsp3) is 0.360. The van der Waals surface area contributed by atoms with E-state index in [1.807, 2.05) is 30.1 Å². The Hall–Kier alpha value is -3.35. The second kappa shape index (κ2) is 11.3. The van der Waals surface area contributed by atoms with Gasteiger partial charge in [-0.05, 0) is 38.8 Å². The van der Waals surface area contributed by atoms with Gasteiger partial charge in [-0.1, -0.05) is 30.4 Å². The van der Waals surface area contributed by atoms with Gasteiger partial charge >= 0.3 is 0 Å². The molecule has 0 N–H and O–H groups in total. The Morgan fingerprint density at radius 3 is 2.75 bits per heavy atom. The van der Waals surface area contributed by atoms with Crippen LogP contribution >= 0.6 is 0 Å². The van der Waals surface area contributed by atoms with Gasteiger partial charge in [0.05, 0.1) is 12.8 Å². The molecule has 3 heterocycles. The number of hydrogen-bond acceptors (Lipinski definition) is 5. The highest BCUT2D eigenvalue weighted by molar-refractivity contribution is 5.78. The Labute approximate surface area is 188 Å². The lowest BCUT2D eigenvalue weighted by molar-refractivity contribution is -0.134. The van der Waals surface area contributed by atoms with E-state index in [1.54, 1.807) is 18.5 Å². The summed E-state index contributed by atoms with van der Waals surface area (Å²) in [5.41, 5.74) is 1.69. The normalized spacial score (nSPS) is 19.2. The number of piperidine rings is 1. The molecule has 0 unspecified atom stereocenters. The second-order valence-corrected chi connectivity index (χ2v) is 8.05. The van der Waals surface area contributed by atoms with Crippen molar-refractivity contribution in [2.45, 2.75) is 39.2 Å². The van der Waals surface area contributed by atoms with Crippen LogP contribution in [0.5, 0.6) is 5.88 Å². The molecule has 2 atom stereocenters. The van der Waals surface area contributed by atoms with Gasteiger partial charge in [0, 0.05) is 49.0 Å². The number of rotatable bonds is 8. The molecule has 0 aromatic carbocycles. The van der Waals surface area contributed by atoms with Crippen LogP contribution in [0.1, 0.15) is 38.9 Å². The van der Waals surface area contributed by atoms with Crippen molar-refractivity contribution in [3.8, 4) is 5.88 Å². The van der Waals surface area contributed by atoms with Crippen LogP contribution in [-0.2, 0) is 4.79 Å². The number of carbonyl (C=O) groups excluding carboxylic acids is 1. The molecule has 1 aliphatic heterocycles. The summed E-state index contributed by atoms with van der Waals surface area (Å²) in [6.07, 6.45) is 12.4. The van der Waals surface area contributed by atoms with Crippen LogP contribution in [0.4, 0.5) is 4.39 Å². The minimum absolute atomic E-state index is 0.0973. The van der Waals surface area contributed by atoms with Gasteiger partial charge in [0.25, 0.3) is 0 Å². The van der Waals surface area contributed by atoms with Crippen molar-refractivity contribution in [1.29, 1.82) is 0 Å². The van der Waals surface area contributed by atoms with E-state index >= 15 is 0 Å². The largest absolute Gasteiger partial charge is 0.477 e. The van der Waals surface area contributed by atoms with Crippen molar-refractivity contribution < 1.29 is 13.9 Å². The number of halogens is 1. The van der Waals surface area contributed by atoms with Crippen LogP contribution in [0.15, 0.2) is 67.2 Å². The van der Waals surface area contributed by atoms with E-state index in [0.717, 1.165) is 24.6 Å². The minimum atomic E-state index is -0.392. The molecular weight excluding hydrogens is 407 g/mol. The monoisotopic (exact) mass is 436 g/mol. The lowest BCUT2D eigenvalue weighted by atomic mass is 9.93. The fourth-order valence-corrected chi connectivity index (χ4v) is 3.52. The molecule has 6 nitrogen and oxygen atoms in total. The van der Waals surface area contributed by atoms with Crippen molar-refractivity contribution in [3.63, 3.8) is 0 Å². The molecule has 0 saturated carbocycles. The highest BCUT2D eigenvalue weighted by Crippen LogP contribution is 2.24. The third kappa shape index (κ3) is 6.83.